The van der Waals surface area contributed by atoms with Crippen LogP contribution in [0.5, 0.6) is 5.75 Å². The fraction of sp³-hybridized carbons (Fsp3) is 0.478. The number of thioether (sulfide) groups is 1. The highest BCUT2D eigenvalue weighted by atomic mass is 32.2. The van der Waals surface area contributed by atoms with E-state index in [0.29, 0.717) is 22.5 Å². The van der Waals surface area contributed by atoms with Crippen LogP contribution in [-0.2, 0) is 30.5 Å². The Labute approximate surface area is 206 Å². The van der Waals surface area contributed by atoms with Crippen molar-refractivity contribution < 1.29 is 38.9 Å². The van der Waals surface area contributed by atoms with Gasteiger partial charge >= 0.3 is 12.1 Å². The predicted molar refractivity (Wildman–Crippen MR) is 126 cm³/mol. The van der Waals surface area contributed by atoms with E-state index in [9.17, 15) is 29.4 Å². The number of carbonyl (C=O) groups is 4. The van der Waals surface area contributed by atoms with Crippen molar-refractivity contribution in [1.82, 2.24) is 15.5 Å². The first kappa shape index (κ1) is 26.4. The lowest BCUT2D eigenvalue weighted by atomic mass is 10.00. The van der Waals surface area contributed by atoms with Crippen molar-refractivity contribution in [3.63, 3.8) is 0 Å². The third-order valence-electron chi connectivity index (χ3n) is 5.32. The second-order valence-corrected chi connectivity index (χ2v) is 10.3. The van der Waals surface area contributed by atoms with Gasteiger partial charge < -0.3 is 30.3 Å². The second-order valence-electron chi connectivity index (χ2n) is 9.23. The Balaban J connectivity index is 1.85. The van der Waals surface area contributed by atoms with Crippen LogP contribution in [0, 0.1) is 0 Å². The lowest BCUT2D eigenvalue weighted by Gasteiger charge is -2.49. The monoisotopic (exact) mass is 507 g/mol. The zero-order valence-electron chi connectivity index (χ0n) is 20.1. The fourth-order valence-corrected chi connectivity index (χ4v) is 5.09. The lowest BCUT2D eigenvalue weighted by molar-refractivity contribution is -0.151. The highest BCUT2D eigenvalue weighted by Crippen LogP contribution is 2.40. The molecule has 11 nitrogen and oxygen atoms in total. The third-order valence-corrected chi connectivity index (χ3v) is 6.74. The lowest BCUT2D eigenvalue weighted by Crippen LogP contribution is -2.71. The topological polar surface area (TPSA) is 154 Å². The summed E-state index contributed by atoms with van der Waals surface area (Å²) >= 11 is 1.34. The number of nitrogens with one attached hydrogen (secondary N) is 2. The number of phenols is 1. The molecule has 0 radical (unpaired) electrons. The number of hydrogen-bond donors (Lipinski definition) is 4. The molecule has 190 valence electrons. The van der Waals surface area contributed by atoms with Gasteiger partial charge in [-0.25, -0.2) is 9.59 Å². The number of hydrogen-bond acceptors (Lipinski definition) is 8. The Hall–Kier alpha value is -3.25. The molecular formula is C23H29N3O8S. The number of alkyl carbamates (subject to hydrolysis) is 1. The SMILES string of the molecule is COCc1cc(C(NC(=O)OC(C)(C)C)C(=O)NC2C(=O)N3C(C(=O)O)=C(C)CSC23)ccc1O. The van der Waals surface area contributed by atoms with Gasteiger partial charge in [-0.2, -0.15) is 0 Å². The number of phenolic OH excluding ortho intramolecular Hbond substituents is 1. The Bertz CT molecular complexity index is 1080. The van der Waals surface area contributed by atoms with Crippen LogP contribution < -0.4 is 10.6 Å². The standard InChI is InChI=1S/C23H29N3O8S/c1-11-10-35-20-16(19(29)26(20)17(11)21(30)31)24-18(28)15(25-22(32)34-23(2,3)4)12-6-7-14(27)13(8-12)9-33-5/h6-8,15-16,20,27H,9-10H2,1-5H3,(H,24,28)(H,25,32)(H,30,31). The number of ether oxygens (including phenoxy) is 2. The van der Waals surface area contributed by atoms with E-state index in [0.717, 1.165) is 0 Å². The van der Waals surface area contributed by atoms with Gasteiger partial charge in [-0.05, 0) is 51.0 Å². The van der Waals surface area contributed by atoms with Gasteiger partial charge in [-0.1, -0.05) is 6.07 Å². The highest BCUT2D eigenvalue weighted by Gasteiger charge is 2.54. The molecule has 0 saturated carbocycles. The van der Waals surface area contributed by atoms with Crippen LogP contribution in [0.1, 0.15) is 44.9 Å². The molecule has 1 fully saturated rings. The van der Waals surface area contributed by atoms with Crippen molar-refractivity contribution in [2.24, 2.45) is 0 Å². The normalized spacial score (nSPS) is 20.5. The summed E-state index contributed by atoms with van der Waals surface area (Å²) in [6.07, 6.45) is -0.848. The van der Waals surface area contributed by atoms with Crippen LogP contribution in [0.2, 0.25) is 0 Å². The fourth-order valence-electron chi connectivity index (χ4n) is 3.79. The molecule has 0 spiro atoms. The van der Waals surface area contributed by atoms with E-state index in [1.807, 2.05) is 0 Å². The van der Waals surface area contributed by atoms with E-state index >= 15 is 0 Å². The molecule has 0 aliphatic carbocycles. The molecule has 3 atom stereocenters. The molecule has 3 rings (SSSR count). The molecule has 2 heterocycles. The van der Waals surface area contributed by atoms with Crippen LogP contribution in [0.25, 0.3) is 0 Å². The van der Waals surface area contributed by atoms with Crippen molar-refractivity contribution >= 4 is 35.6 Å². The van der Waals surface area contributed by atoms with Crippen molar-refractivity contribution in [1.29, 1.82) is 0 Å². The summed E-state index contributed by atoms with van der Waals surface area (Å²) in [5.41, 5.74) is 0.405. The summed E-state index contributed by atoms with van der Waals surface area (Å²) in [5.74, 6) is -2.08. The number of aliphatic carboxylic acids is 1. The van der Waals surface area contributed by atoms with E-state index in [1.165, 1.54) is 42.0 Å². The number of carboxylic acid groups (broad SMARTS) is 1. The highest BCUT2D eigenvalue weighted by molar-refractivity contribution is 8.00. The minimum Gasteiger partial charge on any atom is -0.508 e. The number of aromatic hydroxyl groups is 1. The Morgan fingerprint density at radius 2 is 1.97 bits per heavy atom. The molecule has 3 unspecified atom stereocenters. The molecule has 0 aromatic heterocycles. The largest absolute Gasteiger partial charge is 0.508 e. The number of benzene rings is 1. The van der Waals surface area contributed by atoms with Gasteiger partial charge in [0.15, 0.2) is 0 Å². The number of carboxylic acids is 1. The molecule has 0 bridgehead atoms. The third kappa shape index (κ3) is 5.70. The van der Waals surface area contributed by atoms with Crippen molar-refractivity contribution in [3.8, 4) is 5.75 Å². The maximum atomic E-state index is 13.3. The summed E-state index contributed by atoms with van der Waals surface area (Å²) in [6, 6.07) is 2.14. The van der Waals surface area contributed by atoms with E-state index in [1.54, 1.807) is 27.7 Å². The molecular weight excluding hydrogens is 478 g/mol. The summed E-state index contributed by atoms with van der Waals surface area (Å²) in [6.45, 7) is 6.75. The average Bonchev–Trinajstić information content (AvgIpc) is 2.75. The molecule has 12 heteroatoms. The maximum absolute atomic E-state index is 13.3. The Morgan fingerprint density at radius 1 is 1.29 bits per heavy atom. The smallest absolute Gasteiger partial charge is 0.408 e. The molecule has 2 aliphatic rings. The summed E-state index contributed by atoms with van der Waals surface area (Å²) in [4.78, 5) is 51.4. The zero-order valence-corrected chi connectivity index (χ0v) is 20.9. The van der Waals surface area contributed by atoms with Crippen LogP contribution >= 0.6 is 11.8 Å². The number of methoxy groups -OCH3 is 1. The molecule has 2 aliphatic heterocycles. The van der Waals surface area contributed by atoms with Crippen LogP contribution in [0.3, 0.4) is 0 Å². The maximum Gasteiger partial charge on any atom is 0.408 e. The average molecular weight is 508 g/mol. The van der Waals surface area contributed by atoms with Crippen LogP contribution in [-0.4, -0.2) is 68.9 Å². The quantitative estimate of drug-likeness (QED) is 0.405. The van der Waals surface area contributed by atoms with Crippen LogP contribution in [0.4, 0.5) is 4.79 Å². The number of amides is 3. The first-order valence-corrected chi connectivity index (χ1v) is 11.9. The van der Waals surface area contributed by atoms with Crippen molar-refractivity contribution in [2.45, 2.75) is 57.4 Å². The van der Waals surface area contributed by atoms with E-state index < -0.39 is 46.9 Å². The molecule has 4 N–H and O–H groups in total. The summed E-state index contributed by atoms with van der Waals surface area (Å²) < 4.78 is 10.4. The minimum atomic E-state index is -1.26. The molecule has 1 saturated heterocycles. The summed E-state index contributed by atoms with van der Waals surface area (Å²) in [5, 5.41) is 24.2. The van der Waals surface area contributed by atoms with Gasteiger partial charge in [0, 0.05) is 18.4 Å². The van der Waals surface area contributed by atoms with E-state index in [-0.39, 0.29) is 18.1 Å². The molecule has 1 aromatic carbocycles. The minimum absolute atomic E-state index is 0.0428. The van der Waals surface area contributed by atoms with Gasteiger partial charge in [0.1, 0.15) is 34.5 Å². The summed E-state index contributed by atoms with van der Waals surface area (Å²) in [7, 11) is 1.45. The van der Waals surface area contributed by atoms with Crippen LogP contribution in [0.15, 0.2) is 29.5 Å². The Kier molecular flexibility index (Phi) is 7.65. The molecule has 3 amide bonds. The van der Waals surface area contributed by atoms with Gasteiger partial charge in [0.05, 0.1) is 6.61 Å². The first-order valence-electron chi connectivity index (χ1n) is 10.8. The molecule has 35 heavy (non-hydrogen) atoms. The van der Waals surface area contributed by atoms with Crippen molar-refractivity contribution in [3.05, 3.63) is 40.6 Å². The van der Waals surface area contributed by atoms with Gasteiger partial charge in [0.2, 0.25) is 5.91 Å². The van der Waals surface area contributed by atoms with Gasteiger partial charge in [-0.3, -0.25) is 14.5 Å². The number of nitrogens with zero attached hydrogens (tertiary/aromatic N) is 1. The van der Waals surface area contributed by atoms with E-state index in [2.05, 4.69) is 10.6 Å². The first-order chi connectivity index (χ1) is 16.3. The number of fused-ring (bicyclic) bond motifs is 1. The number of rotatable bonds is 7. The van der Waals surface area contributed by atoms with Crippen molar-refractivity contribution in [2.75, 3.05) is 12.9 Å². The Morgan fingerprint density at radius 3 is 2.57 bits per heavy atom. The predicted octanol–water partition coefficient (Wildman–Crippen LogP) is 1.86. The van der Waals surface area contributed by atoms with Gasteiger partial charge in [0.25, 0.3) is 5.91 Å². The zero-order chi connectivity index (χ0) is 26.1. The number of carbonyl (C=O) groups excluding carboxylic acids is 3. The van der Waals surface area contributed by atoms with E-state index in [4.69, 9.17) is 9.47 Å². The number of β-lactam (4-membered cyclic amide) rings is 1. The van der Waals surface area contributed by atoms with Gasteiger partial charge in [-0.15, -0.1) is 11.8 Å². The molecule has 1 aromatic rings. The second kappa shape index (κ2) is 10.2.